The molecule has 0 atom stereocenters. The lowest BCUT2D eigenvalue weighted by atomic mass is 9.53. The van der Waals surface area contributed by atoms with Crippen molar-refractivity contribution in [2.75, 3.05) is 25.7 Å². The fourth-order valence-corrected chi connectivity index (χ4v) is 6.78. The summed E-state index contributed by atoms with van der Waals surface area (Å²) in [7, 11) is 3.12. The monoisotopic (exact) mass is 490 g/mol. The molecule has 2 bridgehead atoms. The predicted molar refractivity (Wildman–Crippen MR) is 140 cm³/mol. The average molecular weight is 491 g/mol. The third-order valence-corrected chi connectivity index (χ3v) is 9.17. The second-order valence-electron chi connectivity index (χ2n) is 11.2. The molecule has 0 radical (unpaired) electrons. The molecule has 1 heterocycles. The highest BCUT2D eigenvalue weighted by atomic mass is 16.5. The summed E-state index contributed by atoms with van der Waals surface area (Å²) in [4.78, 5) is 32.9. The Morgan fingerprint density at radius 2 is 1.64 bits per heavy atom. The lowest BCUT2D eigenvalue weighted by Crippen LogP contribution is -2.52. The van der Waals surface area contributed by atoms with Crippen LogP contribution >= 0.6 is 0 Å². The largest absolute Gasteiger partial charge is 0.481 e. The number of carbonyl (C=O) groups is 2. The summed E-state index contributed by atoms with van der Waals surface area (Å²) in [5, 5.41) is 0. The third kappa shape index (κ3) is 4.74. The van der Waals surface area contributed by atoms with Gasteiger partial charge >= 0.3 is 5.97 Å². The van der Waals surface area contributed by atoms with Gasteiger partial charge in [0, 0.05) is 30.4 Å². The van der Waals surface area contributed by atoms with Crippen molar-refractivity contribution in [1.82, 2.24) is 4.98 Å². The van der Waals surface area contributed by atoms with Crippen molar-refractivity contribution >= 4 is 17.6 Å². The minimum Gasteiger partial charge on any atom is -0.481 e. The van der Waals surface area contributed by atoms with Crippen LogP contribution in [0, 0.1) is 16.7 Å². The predicted octanol–water partition coefficient (Wildman–Crippen LogP) is 6.18. The first-order valence-electron chi connectivity index (χ1n) is 13.5. The normalized spacial score (nSPS) is 25.8. The summed E-state index contributed by atoms with van der Waals surface area (Å²) in [6.07, 6.45) is 12.7. The number of rotatable bonds is 7. The van der Waals surface area contributed by atoms with Crippen molar-refractivity contribution < 1.29 is 19.1 Å². The van der Waals surface area contributed by atoms with Crippen LogP contribution in [0.2, 0.25) is 0 Å². The van der Waals surface area contributed by atoms with Gasteiger partial charge in [-0.2, -0.15) is 0 Å². The maximum atomic E-state index is 14.0. The first-order valence-corrected chi connectivity index (χ1v) is 13.5. The summed E-state index contributed by atoms with van der Waals surface area (Å²) in [5.41, 5.74) is 2.78. The van der Waals surface area contributed by atoms with E-state index in [0.29, 0.717) is 5.88 Å². The van der Waals surface area contributed by atoms with Crippen LogP contribution in [0.25, 0.3) is 11.1 Å². The molecule has 192 valence electrons. The summed E-state index contributed by atoms with van der Waals surface area (Å²) < 4.78 is 10.5. The van der Waals surface area contributed by atoms with Gasteiger partial charge in [0.2, 0.25) is 11.8 Å². The van der Waals surface area contributed by atoms with E-state index in [-0.39, 0.29) is 28.6 Å². The Morgan fingerprint density at radius 3 is 2.31 bits per heavy atom. The summed E-state index contributed by atoms with van der Waals surface area (Å²) in [5.74, 6) is 0.891. The van der Waals surface area contributed by atoms with Crippen LogP contribution < -0.4 is 9.64 Å². The lowest BCUT2D eigenvalue weighted by Gasteiger charge is -2.53. The van der Waals surface area contributed by atoms with Gasteiger partial charge in [0.1, 0.15) is 0 Å². The molecular weight excluding hydrogens is 452 g/mol. The van der Waals surface area contributed by atoms with E-state index < -0.39 is 0 Å². The molecular formula is C30H38N2O4. The number of pyridine rings is 1. The zero-order chi connectivity index (χ0) is 25.2. The van der Waals surface area contributed by atoms with E-state index in [0.717, 1.165) is 87.6 Å². The molecule has 1 aromatic heterocycles. The van der Waals surface area contributed by atoms with Crippen LogP contribution in [-0.4, -0.2) is 37.6 Å². The molecule has 4 aliphatic rings. The number of fused-ring (bicyclic) bond motifs is 3. The van der Waals surface area contributed by atoms with E-state index in [4.69, 9.17) is 9.47 Å². The maximum Gasteiger partial charge on any atom is 0.311 e. The number of hydrogen-bond donors (Lipinski definition) is 0. The van der Waals surface area contributed by atoms with Crippen molar-refractivity contribution in [3.63, 3.8) is 0 Å². The smallest absolute Gasteiger partial charge is 0.311 e. The zero-order valence-corrected chi connectivity index (χ0v) is 21.6. The van der Waals surface area contributed by atoms with E-state index in [9.17, 15) is 9.59 Å². The number of benzene rings is 1. The second-order valence-corrected chi connectivity index (χ2v) is 11.2. The number of aromatic nitrogens is 1. The molecule has 1 aromatic carbocycles. The summed E-state index contributed by atoms with van der Waals surface area (Å²) in [6.45, 7) is 0.725. The molecule has 6 nitrogen and oxygen atoms in total. The van der Waals surface area contributed by atoms with Gasteiger partial charge in [-0.25, -0.2) is 4.98 Å². The molecule has 2 aromatic rings. The first-order chi connectivity index (χ1) is 17.5. The number of methoxy groups -OCH3 is 2. The number of hydrogen-bond acceptors (Lipinski definition) is 5. The molecule has 0 spiro atoms. The molecule has 0 aliphatic heterocycles. The number of esters is 1. The minimum atomic E-state index is -0.310. The van der Waals surface area contributed by atoms with Gasteiger partial charge < -0.3 is 14.4 Å². The Kier molecular flexibility index (Phi) is 7.05. The first kappa shape index (κ1) is 24.8. The fraction of sp³-hybridized carbons (Fsp3) is 0.567. The summed E-state index contributed by atoms with van der Waals surface area (Å²) in [6, 6.07) is 12.2. The van der Waals surface area contributed by atoms with Crippen molar-refractivity contribution in [3.05, 3.63) is 42.6 Å². The number of anilines is 1. The number of ether oxygens (including phenoxy) is 2. The van der Waals surface area contributed by atoms with Crippen LogP contribution in [0.1, 0.15) is 70.6 Å². The van der Waals surface area contributed by atoms with Crippen LogP contribution in [0.4, 0.5) is 5.69 Å². The van der Waals surface area contributed by atoms with Crippen molar-refractivity contribution in [2.24, 2.45) is 16.7 Å². The Morgan fingerprint density at radius 1 is 0.944 bits per heavy atom. The highest BCUT2D eigenvalue weighted by Crippen LogP contribution is 2.58. The number of nitrogens with zero attached hydrogens (tertiary/aromatic N) is 2. The SMILES string of the molecule is COC(=O)C12CCC(CN(C(=O)C3CCCCC3)c3cccc(-c4ccnc(OC)c4)c3)(CC1)CC2. The Hall–Kier alpha value is -2.89. The Bertz CT molecular complexity index is 1080. The molecule has 4 fully saturated rings. The molecule has 0 unspecified atom stereocenters. The van der Waals surface area contributed by atoms with Crippen molar-refractivity contribution in [1.29, 1.82) is 0 Å². The van der Waals surface area contributed by atoms with Crippen LogP contribution in [0.5, 0.6) is 5.88 Å². The quantitative estimate of drug-likeness (QED) is 0.433. The molecule has 6 heteroatoms. The van der Waals surface area contributed by atoms with Gasteiger partial charge in [-0.05, 0) is 86.1 Å². The van der Waals surface area contributed by atoms with Gasteiger partial charge in [-0.3, -0.25) is 9.59 Å². The maximum absolute atomic E-state index is 14.0. The zero-order valence-electron chi connectivity index (χ0n) is 21.6. The highest BCUT2D eigenvalue weighted by molar-refractivity contribution is 5.96. The van der Waals surface area contributed by atoms with Gasteiger partial charge in [-0.15, -0.1) is 0 Å². The van der Waals surface area contributed by atoms with Crippen LogP contribution in [0.3, 0.4) is 0 Å². The van der Waals surface area contributed by atoms with E-state index in [1.807, 2.05) is 18.2 Å². The number of amides is 1. The third-order valence-electron chi connectivity index (χ3n) is 9.17. The van der Waals surface area contributed by atoms with E-state index >= 15 is 0 Å². The molecule has 36 heavy (non-hydrogen) atoms. The van der Waals surface area contributed by atoms with Crippen LogP contribution in [-0.2, 0) is 14.3 Å². The van der Waals surface area contributed by atoms with Gasteiger partial charge in [0.25, 0.3) is 0 Å². The second kappa shape index (κ2) is 10.2. The fourth-order valence-electron chi connectivity index (χ4n) is 6.78. The van der Waals surface area contributed by atoms with Crippen LogP contribution in [0.15, 0.2) is 42.6 Å². The van der Waals surface area contributed by atoms with Gasteiger partial charge in [-0.1, -0.05) is 31.4 Å². The molecule has 4 aliphatic carbocycles. The Balaban J connectivity index is 1.44. The van der Waals surface area contributed by atoms with E-state index in [1.54, 1.807) is 13.3 Å². The average Bonchev–Trinajstić information content (AvgIpc) is 2.96. The van der Waals surface area contributed by atoms with Crippen molar-refractivity contribution in [2.45, 2.75) is 70.6 Å². The molecule has 1 amide bonds. The van der Waals surface area contributed by atoms with Gasteiger partial charge in [0.15, 0.2) is 0 Å². The standard InChI is InChI=1S/C30H38N2O4/c1-35-26-20-24(11-18-31-26)23-9-6-10-25(19-23)32(27(33)22-7-4-3-5-8-22)21-29-12-15-30(16-13-29,17-14-29)28(34)36-2/h6,9-11,18-20,22H,3-5,7-8,12-17,21H2,1-2H3. The van der Waals surface area contributed by atoms with E-state index in [1.165, 1.54) is 13.5 Å². The topological polar surface area (TPSA) is 68.7 Å². The molecule has 0 saturated heterocycles. The molecule has 0 N–H and O–H groups in total. The lowest BCUT2D eigenvalue weighted by molar-refractivity contribution is -0.162. The van der Waals surface area contributed by atoms with E-state index in [2.05, 4.69) is 28.1 Å². The highest BCUT2D eigenvalue weighted by Gasteiger charge is 2.54. The molecule has 4 saturated carbocycles. The van der Waals surface area contributed by atoms with Gasteiger partial charge in [0.05, 0.1) is 19.6 Å². The Labute approximate surface area is 214 Å². The molecule has 6 rings (SSSR count). The number of carbonyl (C=O) groups excluding carboxylic acids is 2. The van der Waals surface area contributed by atoms with Crippen molar-refractivity contribution in [3.8, 4) is 17.0 Å². The minimum absolute atomic E-state index is 0.0496. The summed E-state index contributed by atoms with van der Waals surface area (Å²) >= 11 is 0.